The van der Waals surface area contributed by atoms with Crippen LogP contribution in [0.4, 0.5) is 10.5 Å². The molecular weight excluding hydrogens is 354 g/mol. The number of halogens is 1. The predicted octanol–water partition coefficient (Wildman–Crippen LogP) is 2.29. The van der Waals surface area contributed by atoms with Gasteiger partial charge in [0.05, 0.1) is 6.04 Å². The number of carbonyl (C=O) groups excluding carboxylic acids is 2. The average Bonchev–Trinajstić information content (AvgIpc) is 3.18. The lowest BCUT2D eigenvalue weighted by Crippen LogP contribution is -2.45. The van der Waals surface area contributed by atoms with Crippen molar-refractivity contribution >= 4 is 29.2 Å². The molecule has 1 atom stereocenters. The van der Waals surface area contributed by atoms with E-state index in [1.165, 1.54) is 0 Å². The third-order valence-electron chi connectivity index (χ3n) is 4.52. The van der Waals surface area contributed by atoms with E-state index in [1.54, 1.807) is 35.2 Å². The van der Waals surface area contributed by atoms with Gasteiger partial charge in [0.2, 0.25) is 5.91 Å². The fraction of sp³-hybridized carbons (Fsp3) is 0.389. The Kier molecular flexibility index (Phi) is 5.46. The van der Waals surface area contributed by atoms with Gasteiger partial charge in [-0.1, -0.05) is 17.7 Å². The van der Waals surface area contributed by atoms with E-state index >= 15 is 0 Å². The van der Waals surface area contributed by atoms with Crippen LogP contribution in [0.1, 0.15) is 12.2 Å². The van der Waals surface area contributed by atoms with Gasteiger partial charge in [-0.2, -0.15) is 0 Å². The maximum Gasteiger partial charge on any atom is 0.317 e. The van der Waals surface area contributed by atoms with Gasteiger partial charge in [-0.3, -0.25) is 4.79 Å². The van der Waals surface area contributed by atoms with Crippen LogP contribution >= 0.6 is 11.6 Å². The first-order chi connectivity index (χ1) is 12.4. The lowest BCUT2D eigenvalue weighted by molar-refractivity contribution is -0.117. The SMILES string of the molecule is Cc1nccn1CCN(C)C(=O)N[C@H]1CC(=O)N(c2cccc(Cl)c2)C1. The molecule has 2 aromatic rings. The van der Waals surface area contributed by atoms with Gasteiger partial charge in [0.15, 0.2) is 0 Å². The van der Waals surface area contributed by atoms with E-state index in [0.717, 1.165) is 11.5 Å². The van der Waals surface area contributed by atoms with E-state index < -0.39 is 0 Å². The van der Waals surface area contributed by atoms with Crippen molar-refractivity contribution in [3.8, 4) is 0 Å². The number of nitrogens with one attached hydrogen (secondary N) is 1. The van der Waals surface area contributed by atoms with Crippen molar-refractivity contribution in [1.29, 1.82) is 0 Å². The lowest BCUT2D eigenvalue weighted by atomic mass is 10.2. The van der Waals surface area contributed by atoms with E-state index in [-0.39, 0.29) is 24.4 Å². The predicted molar refractivity (Wildman–Crippen MR) is 100 cm³/mol. The van der Waals surface area contributed by atoms with Crippen LogP contribution in [-0.4, -0.2) is 52.6 Å². The van der Waals surface area contributed by atoms with Gasteiger partial charge in [-0.05, 0) is 25.1 Å². The second kappa shape index (κ2) is 7.78. The van der Waals surface area contributed by atoms with Crippen LogP contribution in [-0.2, 0) is 11.3 Å². The highest BCUT2D eigenvalue weighted by atomic mass is 35.5. The van der Waals surface area contributed by atoms with Gasteiger partial charge < -0.3 is 19.7 Å². The molecule has 2 heterocycles. The van der Waals surface area contributed by atoms with Crippen LogP contribution < -0.4 is 10.2 Å². The summed E-state index contributed by atoms with van der Waals surface area (Å²) >= 11 is 6.00. The number of aromatic nitrogens is 2. The fourth-order valence-electron chi connectivity index (χ4n) is 2.98. The largest absolute Gasteiger partial charge is 0.333 e. The van der Waals surface area contributed by atoms with Crippen molar-refractivity contribution in [2.24, 2.45) is 0 Å². The Morgan fingerprint density at radius 2 is 2.27 bits per heavy atom. The number of carbonyl (C=O) groups is 2. The Hall–Kier alpha value is -2.54. The van der Waals surface area contributed by atoms with Gasteiger partial charge >= 0.3 is 6.03 Å². The number of hydrogen-bond donors (Lipinski definition) is 1. The number of imidazole rings is 1. The summed E-state index contributed by atoms with van der Waals surface area (Å²) in [5.41, 5.74) is 0.753. The summed E-state index contributed by atoms with van der Waals surface area (Å²) in [5.74, 6) is 0.895. The molecule has 0 saturated carbocycles. The molecule has 0 aliphatic carbocycles. The van der Waals surface area contributed by atoms with Crippen molar-refractivity contribution in [2.75, 3.05) is 25.0 Å². The normalized spacial score (nSPS) is 16.8. The zero-order chi connectivity index (χ0) is 18.7. The van der Waals surface area contributed by atoms with Gasteiger partial charge in [0, 0.05) is 56.2 Å². The summed E-state index contributed by atoms with van der Waals surface area (Å²) in [7, 11) is 1.74. The van der Waals surface area contributed by atoms with Crippen LogP contribution in [0.15, 0.2) is 36.7 Å². The third kappa shape index (κ3) is 4.16. The maximum atomic E-state index is 12.4. The van der Waals surface area contributed by atoms with Gasteiger partial charge in [-0.25, -0.2) is 9.78 Å². The van der Waals surface area contributed by atoms with Gasteiger partial charge in [0.1, 0.15) is 5.82 Å². The fourth-order valence-corrected chi connectivity index (χ4v) is 3.17. The van der Waals surface area contributed by atoms with Crippen molar-refractivity contribution in [1.82, 2.24) is 19.8 Å². The average molecular weight is 376 g/mol. The molecule has 1 aliphatic heterocycles. The van der Waals surface area contributed by atoms with E-state index in [1.807, 2.05) is 29.8 Å². The number of amides is 3. The summed E-state index contributed by atoms with van der Waals surface area (Å²) in [6.45, 7) is 3.60. The number of aryl methyl sites for hydroxylation is 1. The van der Waals surface area contributed by atoms with E-state index in [2.05, 4.69) is 10.3 Å². The Labute approximate surface area is 157 Å². The highest BCUT2D eigenvalue weighted by molar-refractivity contribution is 6.30. The summed E-state index contributed by atoms with van der Waals surface area (Å²) in [6.07, 6.45) is 3.91. The second-order valence-electron chi connectivity index (χ2n) is 6.42. The first-order valence-corrected chi connectivity index (χ1v) is 8.87. The number of rotatable bonds is 5. The topological polar surface area (TPSA) is 70.5 Å². The highest BCUT2D eigenvalue weighted by Gasteiger charge is 2.32. The number of nitrogens with zero attached hydrogens (tertiary/aromatic N) is 4. The molecule has 3 amide bonds. The Bertz CT molecular complexity index is 806. The van der Waals surface area contributed by atoms with E-state index in [0.29, 0.717) is 24.7 Å². The number of urea groups is 1. The first kappa shape index (κ1) is 18.3. The molecule has 1 N–H and O–H groups in total. The van der Waals surface area contributed by atoms with Gasteiger partial charge in [-0.15, -0.1) is 0 Å². The van der Waals surface area contributed by atoms with Crippen molar-refractivity contribution in [3.05, 3.63) is 47.5 Å². The van der Waals surface area contributed by atoms with Crippen molar-refractivity contribution < 1.29 is 9.59 Å². The van der Waals surface area contributed by atoms with Crippen LogP contribution in [0.2, 0.25) is 5.02 Å². The van der Waals surface area contributed by atoms with Crippen LogP contribution in [0, 0.1) is 6.92 Å². The third-order valence-corrected chi connectivity index (χ3v) is 4.75. The monoisotopic (exact) mass is 375 g/mol. The van der Waals surface area contributed by atoms with Gasteiger partial charge in [0.25, 0.3) is 0 Å². The molecule has 3 rings (SSSR count). The van der Waals surface area contributed by atoms with Crippen molar-refractivity contribution in [2.45, 2.75) is 25.9 Å². The summed E-state index contributed by atoms with van der Waals surface area (Å²) in [6, 6.07) is 6.77. The van der Waals surface area contributed by atoms with Crippen molar-refractivity contribution in [3.63, 3.8) is 0 Å². The Balaban J connectivity index is 1.53. The summed E-state index contributed by atoms with van der Waals surface area (Å²) in [5, 5.41) is 3.52. The molecule has 7 nitrogen and oxygen atoms in total. The van der Waals surface area contributed by atoms with Crippen LogP contribution in [0.3, 0.4) is 0 Å². The molecule has 1 aliphatic rings. The number of anilines is 1. The minimum absolute atomic E-state index is 0.0192. The number of likely N-dealkylation sites (N-methyl/N-ethyl adjacent to an activating group) is 1. The minimum atomic E-state index is -0.216. The van der Waals surface area contributed by atoms with Crippen LogP contribution in [0.25, 0.3) is 0 Å². The molecule has 138 valence electrons. The number of benzene rings is 1. The van der Waals surface area contributed by atoms with E-state index in [9.17, 15) is 9.59 Å². The molecule has 1 saturated heterocycles. The zero-order valence-electron chi connectivity index (χ0n) is 14.9. The molecular formula is C18H22ClN5O2. The Morgan fingerprint density at radius 1 is 1.46 bits per heavy atom. The first-order valence-electron chi connectivity index (χ1n) is 8.49. The molecule has 0 unspecified atom stereocenters. The quantitative estimate of drug-likeness (QED) is 0.871. The molecule has 1 aromatic carbocycles. The van der Waals surface area contributed by atoms with E-state index in [4.69, 9.17) is 11.6 Å². The number of hydrogen-bond acceptors (Lipinski definition) is 3. The molecule has 26 heavy (non-hydrogen) atoms. The second-order valence-corrected chi connectivity index (χ2v) is 6.86. The molecule has 0 spiro atoms. The molecule has 8 heteroatoms. The smallest absolute Gasteiger partial charge is 0.317 e. The zero-order valence-corrected chi connectivity index (χ0v) is 15.6. The molecule has 0 radical (unpaired) electrons. The Morgan fingerprint density at radius 3 is 2.96 bits per heavy atom. The minimum Gasteiger partial charge on any atom is -0.333 e. The maximum absolute atomic E-state index is 12.4. The standard InChI is InChI=1S/C18H22ClN5O2/c1-13-20-6-7-23(13)9-8-22(2)18(26)21-15-11-17(25)24(12-15)16-5-3-4-14(19)10-16/h3-7,10,15H,8-9,11-12H2,1-2H3,(H,21,26)/t15-/m0/s1. The molecule has 1 fully saturated rings. The molecule has 0 bridgehead atoms. The summed E-state index contributed by atoms with van der Waals surface area (Å²) < 4.78 is 1.99. The highest BCUT2D eigenvalue weighted by Crippen LogP contribution is 2.24. The summed E-state index contributed by atoms with van der Waals surface area (Å²) in [4.78, 5) is 32.1. The lowest BCUT2D eigenvalue weighted by Gasteiger charge is -2.22. The molecule has 1 aromatic heterocycles. The van der Waals surface area contributed by atoms with Crippen LogP contribution in [0.5, 0.6) is 0 Å².